The Kier molecular flexibility index (Phi) is 4.71. The maximum atomic E-state index is 11.8. The van der Waals surface area contributed by atoms with Crippen molar-refractivity contribution in [3.63, 3.8) is 0 Å². The van der Waals surface area contributed by atoms with Crippen molar-refractivity contribution in [1.82, 2.24) is 9.88 Å². The molecule has 0 bridgehead atoms. The number of rotatable bonds is 2. The van der Waals surface area contributed by atoms with Crippen molar-refractivity contribution in [1.29, 1.82) is 0 Å². The highest BCUT2D eigenvalue weighted by Crippen LogP contribution is 2.34. The van der Waals surface area contributed by atoms with Crippen LogP contribution in [0.2, 0.25) is 0 Å². The molecule has 1 unspecified atom stereocenters. The number of nitrogens with zero attached hydrogens (tertiary/aromatic N) is 3. The standard InChI is InChI=1S/C14H14N4OS.C3H6/c1-18-13(19)7-11(17-14(18)15)12-6-10(8-20-12)9-2-4-16-5-3-9;1-2-3-1/h2-6,8,11H,7H2,1H3,(H2,15,17);1-3H2. The van der Waals surface area contributed by atoms with Gasteiger partial charge in [0.1, 0.15) is 0 Å². The maximum absolute atomic E-state index is 11.8. The van der Waals surface area contributed by atoms with Crippen molar-refractivity contribution in [3.05, 3.63) is 40.8 Å². The molecular formula is C17H20N4OS. The Hall–Kier alpha value is -2.21. The number of amides is 1. The van der Waals surface area contributed by atoms with Gasteiger partial charge in [-0.15, -0.1) is 11.3 Å². The van der Waals surface area contributed by atoms with Crippen LogP contribution in [0.15, 0.2) is 41.0 Å². The molecule has 0 radical (unpaired) electrons. The quantitative estimate of drug-likeness (QED) is 0.920. The summed E-state index contributed by atoms with van der Waals surface area (Å²) < 4.78 is 0. The Bertz CT molecular complexity index is 706. The van der Waals surface area contributed by atoms with Gasteiger partial charge in [-0.25, -0.2) is 4.99 Å². The summed E-state index contributed by atoms with van der Waals surface area (Å²) in [7, 11) is 1.65. The third-order valence-electron chi connectivity index (χ3n) is 3.69. The molecule has 1 aliphatic heterocycles. The van der Waals surface area contributed by atoms with Crippen LogP contribution in [0.1, 0.15) is 36.6 Å². The highest BCUT2D eigenvalue weighted by molar-refractivity contribution is 7.10. The Balaban J connectivity index is 0.000000468. The van der Waals surface area contributed by atoms with Gasteiger partial charge in [0.15, 0.2) is 5.96 Å². The molecule has 2 aromatic rings. The largest absolute Gasteiger partial charge is 0.369 e. The molecule has 23 heavy (non-hydrogen) atoms. The second kappa shape index (κ2) is 6.91. The van der Waals surface area contributed by atoms with E-state index in [-0.39, 0.29) is 17.9 Å². The molecule has 2 N–H and O–H groups in total. The van der Waals surface area contributed by atoms with Gasteiger partial charge in [-0.2, -0.15) is 0 Å². The second-order valence-corrected chi connectivity index (χ2v) is 6.64. The number of aromatic nitrogens is 1. The molecule has 4 rings (SSSR count). The first kappa shape index (κ1) is 15.7. The van der Waals surface area contributed by atoms with Crippen LogP contribution >= 0.6 is 11.3 Å². The molecule has 2 aromatic heterocycles. The van der Waals surface area contributed by atoms with Crippen molar-refractivity contribution < 1.29 is 4.79 Å². The summed E-state index contributed by atoms with van der Waals surface area (Å²) in [5.41, 5.74) is 7.99. The SMILES string of the molecule is C1CC1.CN1C(=O)CC(c2cc(-c3ccncc3)cs2)N=C1N. The Morgan fingerprint density at radius 1 is 1.22 bits per heavy atom. The van der Waals surface area contributed by atoms with E-state index in [0.29, 0.717) is 6.42 Å². The number of nitrogens with two attached hydrogens (primary N) is 1. The van der Waals surface area contributed by atoms with Gasteiger partial charge >= 0.3 is 0 Å². The zero-order valence-corrected chi connectivity index (χ0v) is 13.9. The normalized spacial score (nSPS) is 19.7. The van der Waals surface area contributed by atoms with Crippen LogP contribution in [0, 0.1) is 0 Å². The first-order valence-corrected chi connectivity index (χ1v) is 8.62. The number of hydrogen-bond acceptors (Lipinski definition) is 5. The van der Waals surface area contributed by atoms with E-state index < -0.39 is 0 Å². The number of hydrogen-bond donors (Lipinski definition) is 1. The predicted octanol–water partition coefficient (Wildman–Crippen LogP) is 3.20. The molecule has 3 heterocycles. The summed E-state index contributed by atoms with van der Waals surface area (Å²) in [4.78, 5) is 22.7. The predicted molar refractivity (Wildman–Crippen MR) is 93.2 cm³/mol. The molecule has 5 nitrogen and oxygen atoms in total. The van der Waals surface area contributed by atoms with Crippen LogP contribution in [0.5, 0.6) is 0 Å². The van der Waals surface area contributed by atoms with Gasteiger partial charge in [-0.05, 0) is 34.7 Å². The van der Waals surface area contributed by atoms with E-state index in [2.05, 4.69) is 21.4 Å². The number of aliphatic imine (C=N–C) groups is 1. The Morgan fingerprint density at radius 3 is 2.52 bits per heavy atom. The molecule has 1 amide bonds. The van der Waals surface area contributed by atoms with Crippen molar-refractivity contribution in [2.45, 2.75) is 31.7 Å². The molecule has 2 aliphatic rings. The van der Waals surface area contributed by atoms with E-state index in [1.54, 1.807) is 30.8 Å². The smallest absolute Gasteiger partial charge is 0.231 e. The summed E-state index contributed by atoms with van der Waals surface area (Å²) >= 11 is 1.60. The van der Waals surface area contributed by atoms with Crippen LogP contribution in [-0.2, 0) is 4.79 Å². The zero-order valence-electron chi connectivity index (χ0n) is 13.1. The number of carbonyl (C=O) groups excluding carboxylic acids is 1. The lowest BCUT2D eigenvalue weighted by Gasteiger charge is -2.24. The van der Waals surface area contributed by atoms with Gasteiger partial charge in [-0.1, -0.05) is 19.3 Å². The van der Waals surface area contributed by atoms with E-state index in [1.807, 2.05) is 12.1 Å². The maximum Gasteiger partial charge on any atom is 0.231 e. The van der Waals surface area contributed by atoms with Crippen LogP contribution in [0.4, 0.5) is 0 Å². The topological polar surface area (TPSA) is 71.6 Å². The molecule has 0 spiro atoms. The molecule has 1 atom stereocenters. The van der Waals surface area contributed by atoms with E-state index >= 15 is 0 Å². The minimum Gasteiger partial charge on any atom is -0.369 e. The number of thiophene rings is 1. The van der Waals surface area contributed by atoms with Crippen LogP contribution in [0.25, 0.3) is 11.1 Å². The van der Waals surface area contributed by atoms with Crippen molar-refractivity contribution >= 4 is 23.2 Å². The lowest BCUT2D eigenvalue weighted by Crippen LogP contribution is -2.42. The molecule has 0 aromatic carbocycles. The summed E-state index contributed by atoms with van der Waals surface area (Å²) in [6.45, 7) is 0. The van der Waals surface area contributed by atoms with Crippen molar-refractivity contribution in [3.8, 4) is 11.1 Å². The van der Waals surface area contributed by atoms with E-state index in [0.717, 1.165) is 16.0 Å². The molecule has 1 aliphatic carbocycles. The number of guanidine groups is 1. The fraction of sp³-hybridized carbons (Fsp3) is 0.353. The van der Waals surface area contributed by atoms with Gasteiger partial charge in [0.05, 0.1) is 12.5 Å². The minimum absolute atomic E-state index is 0.00126. The van der Waals surface area contributed by atoms with Gasteiger partial charge < -0.3 is 5.73 Å². The number of pyridine rings is 1. The third-order valence-corrected chi connectivity index (χ3v) is 4.72. The summed E-state index contributed by atoms with van der Waals surface area (Å²) in [6.07, 6.45) is 8.40. The van der Waals surface area contributed by atoms with Gasteiger partial charge in [0.25, 0.3) is 0 Å². The van der Waals surface area contributed by atoms with E-state index in [1.165, 1.54) is 24.2 Å². The van der Waals surface area contributed by atoms with Crippen LogP contribution < -0.4 is 5.73 Å². The molecule has 1 saturated carbocycles. The van der Waals surface area contributed by atoms with Gasteiger partial charge in [0.2, 0.25) is 5.91 Å². The van der Waals surface area contributed by atoms with E-state index in [4.69, 9.17) is 5.73 Å². The lowest BCUT2D eigenvalue weighted by molar-refractivity contribution is -0.127. The lowest BCUT2D eigenvalue weighted by atomic mass is 10.1. The summed E-state index contributed by atoms with van der Waals surface area (Å²) in [6, 6.07) is 5.83. The first-order valence-electron chi connectivity index (χ1n) is 7.74. The van der Waals surface area contributed by atoms with Crippen LogP contribution in [0.3, 0.4) is 0 Å². The average molecular weight is 328 g/mol. The van der Waals surface area contributed by atoms with Crippen molar-refractivity contribution in [2.24, 2.45) is 10.7 Å². The van der Waals surface area contributed by atoms with Gasteiger partial charge in [0, 0.05) is 24.3 Å². The zero-order chi connectivity index (χ0) is 16.2. The highest BCUT2D eigenvalue weighted by Gasteiger charge is 2.26. The van der Waals surface area contributed by atoms with Crippen molar-refractivity contribution in [2.75, 3.05) is 7.05 Å². The summed E-state index contributed by atoms with van der Waals surface area (Å²) in [5, 5.41) is 2.07. The monoisotopic (exact) mass is 328 g/mol. The first-order chi connectivity index (χ1) is 11.1. The van der Waals surface area contributed by atoms with E-state index in [9.17, 15) is 4.79 Å². The molecule has 6 heteroatoms. The number of carbonyl (C=O) groups is 1. The molecule has 0 saturated heterocycles. The Labute approximate surface area is 139 Å². The fourth-order valence-corrected chi connectivity index (χ4v) is 3.06. The second-order valence-electron chi connectivity index (χ2n) is 5.69. The summed E-state index contributed by atoms with van der Waals surface area (Å²) in [5.74, 6) is 0.284. The third kappa shape index (κ3) is 3.96. The Morgan fingerprint density at radius 2 is 1.91 bits per heavy atom. The molecule has 120 valence electrons. The molecular weight excluding hydrogens is 308 g/mol. The fourth-order valence-electron chi connectivity index (χ4n) is 2.11. The van der Waals surface area contributed by atoms with Crippen LogP contribution in [-0.4, -0.2) is 28.8 Å². The average Bonchev–Trinajstić information content (AvgIpc) is 3.37. The minimum atomic E-state index is -0.167. The highest BCUT2D eigenvalue weighted by atomic mass is 32.1. The van der Waals surface area contributed by atoms with Gasteiger partial charge in [-0.3, -0.25) is 14.7 Å². The molecule has 1 fully saturated rings.